The number of para-hydroxylation sites is 2. The number of benzene rings is 2. The summed E-state index contributed by atoms with van der Waals surface area (Å²) >= 11 is 0. The van der Waals surface area contributed by atoms with Crippen molar-refractivity contribution in [1.29, 1.82) is 0 Å². The fourth-order valence-corrected chi connectivity index (χ4v) is 3.57. The van der Waals surface area contributed by atoms with Crippen molar-refractivity contribution in [2.75, 3.05) is 5.32 Å². The Morgan fingerprint density at radius 3 is 2.32 bits per heavy atom. The Labute approximate surface area is 210 Å². The highest BCUT2D eigenvalue weighted by Gasteiger charge is 2.35. The van der Waals surface area contributed by atoms with Crippen LogP contribution in [0.25, 0.3) is 10.9 Å². The molecule has 3 N–H and O–H groups in total. The monoisotopic (exact) mass is 513 g/mol. The lowest BCUT2D eigenvalue weighted by molar-refractivity contribution is -0.143. The zero-order valence-corrected chi connectivity index (χ0v) is 20.0. The molecule has 0 saturated carbocycles. The van der Waals surface area contributed by atoms with Gasteiger partial charge in [-0.3, -0.25) is 19.2 Å². The Morgan fingerprint density at radius 1 is 1.03 bits per heavy atom. The van der Waals surface area contributed by atoms with Crippen molar-refractivity contribution in [3.8, 4) is 5.75 Å². The van der Waals surface area contributed by atoms with Crippen LogP contribution in [-0.2, 0) is 19.2 Å². The lowest BCUT2D eigenvalue weighted by Gasteiger charge is -2.26. The number of carboxylic acid groups (broad SMARTS) is 1. The van der Waals surface area contributed by atoms with Crippen molar-refractivity contribution in [1.82, 2.24) is 10.3 Å². The molecule has 0 spiro atoms. The number of pyridine rings is 1. The van der Waals surface area contributed by atoms with Crippen LogP contribution in [0.3, 0.4) is 0 Å². The average molecular weight is 513 g/mol. The van der Waals surface area contributed by atoms with Gasteiger partial charge in [0.05, 0.1) is 11.9 Å². The molecule has 0 aliphatic heterocycles. The zero-order chi connectivity index (χ0) is 27.1. The number of aldehydes is 1. The second kappa shape index (κ2) is 12.0. The minimum absolute atomic E-state index is 0.0214. The number of ether oxygens (including phenoxy) is 1. The van der Waals surface area contributed by atoms with Gasteiger partial charge in [0, 0.05) is 5.39 Å². The third-order valence-corrected chi connectivity index (χ3v) is 5.46. The number of amides is 1. The summed E-state index contributed by atoms with van der Waals surface area (Å²) in [6, 6.07) is 10.9. The van der Waals surface area contributed by atoms with Gasteiger partial charge in [-0.25, -0.2) is 13.8 Å². The highest BCUT2D eigenvalue weighted by Crippen LogP contribution is 2.23. The summed E-state index contributed by atoms with van der Waals surface area (Å²) in [6.45, 7) is 3.45. The quantitative estimate of drug-likeness (QED) is 0.248. The molecule has 194 valence electrons. The Bertz CT molecular complexity index is 1300. The molecule has 11 heteroatoms. The van der Waals surface area contributed by atoms with Crippen LogP contribution in [0.15, 0.2) is 54.6 Å². The number of carbonyl (C=O) groups excluding carboxylic acids is 3. The van der Waals surface area contributed by atoms with Gasteiger partial charge in [0.25, 0.3) is 0 Å². The Hall–Kier alpha value is -4.41. The molecule has 3 aromatic rings. The standard InChI is InChI=1S/C26H25F2N3O6/c1-14(2)23(31-21-11-10-15-6-3-4-9-18(15)29-21)26(36)30-19(12-22(33)34)24(35)20(13-32)37-25-16(27)7-5-8-17(25)28/h3-11,13-14,19-20,23H,12H2,1-2H3,(H,29,31)(H,30,36)(H,33,34)/t19-,20?,23-/m0/s1. The van der Waals surface area contributed by atoms with E-state index in [2.05, 4.69) is 15.6 Å². The fourth-order valence-electron chi connectivity index (χ4n) is 3.57. The molecule has 1 unspecified atom stereocenters. The van der Waals surface area contributed by atoms with Gasteiger partial charge in [-0.15, -0.1) is 0 Å². The predicted molar refractivity (Wildman–Crippen MR) is 130 cm³/mol. The van der Waals surface area contributed by atoms with E-state index in [0.717, 1.165) is 23.6 Å². The van der Waals surface area contributed by atoms with Crippen molar-refractivity contribution in [2.24, 2.45) is 5.92 Å². The van der Waals surface area contributed by atoms with E-state index in [9.17, 15) is 33.1 Å². The summed E-state index contributed by atoms with van der Waals surface area (Å²) in [5.41, 5.74) is 0.681. The van der Waals surface area contributed by atoms with Gasteiger partial charge in [0.1, 0.15) is 17.9 Å². The number of ketones is 1. The van der Waals surface area contributed by atoms with Crippen molar-refractivity contribution in [3.05, 3.63) is 66.2 Å². The van der Waals surface area contributed by atoms with Gasteiger partial charge in [0.2, 0.25) is 17.8 Å². The molecule has 0 fully saturated rings. The van der Waals surface area contributed by atoms with Gasteiger partial charge in [-0.2, -0.15) is 0 Å². The van der Waals surface area contributed by atoms with Gasteiger partial charge in [-0.05, 0) is 36.2 Å². The molecule has 0 saturated heterocycles. The minimum atomic E-state index is -2.07. The number of fused-ring (bicyclic) bond motifs is 1. The van der Waals surface area contributed by atoms with Gasteiger partial charge in [0.15, 0.2) is 23.7 Å². The number of nitrogens with one attached hydrogen (secondary N) is 2. The molecular formula is C26H25F2N3O6. The van der Waals surface area contributed by atoms with Crippen molar-refractivity contribution < 1.29 is 37.8 Å². The maximum atomic E-state index is 14.0. The van der Waals surface area contributed by atoms with Crippen LogP contribution in [0.5, 0.6) is 5.75 Å². The van der Waals surface area contributed by atoms with Crippen LogP contribution in [-0.4, -0.2) is 52.2 Å². The molecule has 1 aromatic heterocycles. The second-order valence-electron chi connectivity index (χ2n) is 8.54. The highest BCUT2D eigenvalue weighted by atomic mass is 19.1. The highest BCUT2D eigenvalue weighted by molar-refractivity contribution is 6.03. The third-order valence-electron chi connectivity index (χ3n) is 5.46. The number of carboxylic acids is 1. The van der Waals surface area contributed by atoms with E-state index < -0.39 is 59.7 Å². The summed E-state index contributed by atoms with van der Waals surface area (Å²) in [6.07, 6.45) is -2.98. The van der Waals surface area contributed by atoms with Crippen molar-refractivity contribution in [2.45, 2.75) is 38.5 Å². The number of hydrogen-bond donors (Lipinski definition) is 3. The number of nitrogens with zero attached hydrogens (tertiary/aromatic N) is 1. The number of hydrogen-bond acceptors (Lipinski definition) is 7. The first-order valence-corrected chi connectivity index (χ1v) is 11.3. The topological polar surface area (TPSA) is 135 Å². The predicted octanol–water partition coefficient (Wildman–Crippen LogP) is 3.12. The normalized spacial score (nSPS) is 13.4. The van der Waals surface area contributed by atoms with Crippen LogP contribution in [0.1, 0.15) is 20.3 Å². The smallest absolute Gasteiger partial charge is 0.305 e. The van der Waals surface area contributed by atoms with E-state index in [1.165, 1.54) is 0 Å². The third kappa shape index (κ3) is 6.84. The Kier molecular flexibility index (Phi) is 8.83. The van der Waals surface area contributed by atoms with E-state index in [4.69, 9.17) is 4.74 Å². The largest absolute Gasteiger partial charge is 0.481 e. The number of rotatable bonds is 12. The van der Waals surface area contributed by atoms with Crippen LogP contribution in [0, 0.1) is 17.6 Å². The summed E-state index contributed by atoms with van der Waals surface area (Å²) in [5.74, 6) is -6.64. The van der Waals surface area contributed by atoms with Crippen LogP contribution in [0.2, 0.25) is 0 Å². The SMILES string of the molecule is CC(C)[C@H](Nc1ccc2ccccc2n1)C(=O)N[C@@H](CC(=O)O)C(=O)C(C=O)Oc1c(F)cccc1F. The first-order chi connectivity index (χ1) is 17.6. The average Bonchev–Trinajstić information content (AvgIpc) is 2.85. The minimum Gasteiger partial charge on any atom is -0.481 e. The number of Topliss-reactive ketones (excluding diaryl/α,β-unsaturated/α-hetero) is 1. The second-order valence-corrected chi connectivity index (χ2v) is 8.54. The fraction of sp³-hybridized carbons (Fsp3) is 0.269. The van der Waals surface area contributed by atoms with Crippen LogP contribution < -0.4 is 15.4 Å². The van der Waals surface area contributed by atoms with Gasteiger partial charge < -0.3 is 20.5 Å². The lowest BCUT2D eigenvalue weighted by atomic mass is 10.00. The van der Waals surface area contributed by atoms with E-state index >= 15 is 0 Å². The molecule has 3 rings (SSSR count). The Balaban J connectivity index is 1.81. The maximum absolute atomic E-state index is 14.0. The zero-order valence-electron chi connectivity index (χ0n) is 20.0. The van der Waals surface area contributed by atoms with E-state index in [0.29, 0.717) is 11.3 Å². The molecule has 9 nitrogen and oxygen atoms in total. The number of aromatic nitrogens is 1. The maximum Gasteiger partial charge on any atom is 0.305 e. The molecule has 1 amide bonds. The van der Waals surface area contributed by atoms with E-state index in [-0.39, 0.29) is 12.2 Å². The first-order valence-electron chi connectivity index (χ1n) is 11.3. The molecule has 0 aliphatic rings. The number of carbonyl (C=O) groups is 4. The Morgan fingerprint density at radius 2 is 1.70 bits per heavy atom. The molecule has 3 atom stereocenters. The van der Waals surface area contributed by atoms with Crippen LogP contribution in [0.4, 0.5) is 14.6 Å². The number of halogens is 2. The molecule has 0 radical (unpaired) electrons. The molecule has 0 aliphatic carbocycles. The summed E-state index contributed by atoms with van der Waals surface area (Å²) < 4.78 is 32.9. The molecule has 0 bridgehead atoms. The summed E-state index contributed by atoms with van der Waals surface area (Å²) in [4.78, 5) is 53.5. The number of anilines is 1. The molecule has 37 heavy (non-hydrogen) atoms. The first kappa shape index (κ1) is 27.2. The molecular weight excluding hydrogens is 488 g/mol. The van der Waals surface area contributed by atoms with E-state index in [1.54, 1.807) is 26.0 Å². The molecule has 2 aromatic carbocycles. The lowest BCUT2D eigenvalue weighted by Crippen LogP contribution is -2.53. The molecule has 1 heterocycles. The van der Waals surface area contributed by atoms with Crippen molar-refractivity contribution in [3.63, 3.8) is 0 Å². The van der Waals surface area contributed by atoms with Gasteiger partial charge in [-0.1, -0.05) is 38.1 Å². The van der Waals surface area contributed by atoms with E-state index in [1.807, 2.05) is 24.3 Å². The summed E-state index contributed by atoms with van der Waals surface area (Å²) in [7, 11) is 0. The van der Waals surface area contributed by atoms with Crippen LogP contribution >= 0.6 is 0 Å². The van der Waals surface area contributed by atoms with Crippen molar-refractivity contribution >= 4 is 40.7 Å². The van der Waals surface area contributed by atoms with Gasteiger partial charge >= 0.3 is 5.97 Å². The summed E-state index contributed by atoms with van der Waals surface area (Å²) in [5, 5.41) is 15.5. The number of aliphatic carboxylic acids is 1.